The molecule has 0 atom stereocenters. The van der Waals surface area contributed by atoms with Crippen molar-refractivity contribution in [3.05, 3.63) is 261 Å². The van der Waals surface area contributed by atoms with E-state index >= 15 is 0 Å². The second kappa shape index (κ2) is 25.9. The Balaban J connectivity index is 0.000000149. The molecule has 12 rings (SSSR count). The van der Waals surface area contributed by atoms with E-state index in [1.54, 1.807) is 18.5 Å². The fourth-order valence-corrected chi connectivity index (χ4v) is 13.2. The minimum absolute atomic E-state index is 0.152. The zero-order chi connectivity index (χ0) is 68.6. The predicted molar refractivity (Wildman–Crippen MR) is 372 cm³/mol. The van der Waals surface area contributed by atoms with Crippen molar-refractivity contribution in [1.29, 1.82) is 0 Å². The van der Waals surface area contributed by atoms with Gasteiger partial charge in [-0.3, -0.25) is 0 Å². The zero-order valence-electron chi connectivity index (χ0n) is 62.1. The molecular weight excluding hydrogens is 1060 g/mol. The van der Waals surface area contributed by atoms with Crippen LogP contribution in [-0.4, -0.2) is 0 Å². The average Bonchev–Trinajstić information content (AvgIpc) is 0.748. The summed E-state index contributed by atoms with van der Waals surface area (Å²) in [7, 11) is 8.10. The lowest BCUT2D eigenvalue weighted by Crippen LogP contribution is -2.35. The Hall–Kier alpha value is -8.08. The van der Waals surface area contributed by atoms with E-state index in [-0.39, 0.29) is 21.7 Å². The van der Waals surface area contributed by atoms with Crippen molar-refractivity contribution >= 4 is 0 Å². The van der Waals surface area contributed by atoms with Crippen LogP contribution in [-0.2, 0) is 49.9 Å². The van der Waals surface area contributed by atoms with Gasteiger partial charge in [0.2, 0.25) is 22.8 Å². The number of hydrogen-bond donors (Lipinski definition) is 0. The Morgan fingerprint density at radius 2 is 0.670 bits per heavy atom. The van der Waals surface area contributed by atoms with E-state index in [2.05, 4.69) is 271 Å². The SMILES string of the molecule is Cc1cc(-c2ccccc2C)[n+](C)cc1-c1ccccc1.Cc1ccccc1-c1ccc(-c2ccccc2)c[n+]1C.[2H]C([2H])([2H])c1c[n+](C)c(-c2cc3c(cc2C)C(C)(C)CCC3(C)C)cc1C.[2H]C([2H])([2H])c1ccc(-c2cc3c(cc2C)C(C)(C)CCC3(C)C)[n+](C)c1. The molecule has 10 aromatic rings. The van der Waals surface area contributed by atoms with Crippen molar-refractivity contribution in [3.8, 4) is 67.3 Å². The number of fused-ring (bicyclic) bond motifs is 2. The molecule has 0 saturated heterocycles. The van der Waals surface area contributed by atoms with Crippen molar-refractivity contribution in [2.24, 2.45) is 28.2 Å². The van der Waals surface area contributed by atoms with Crippen LogP contribution in [0.5, 0.6) is 0 Å². The Bertz CT molecular complexity index is 4400. The van der Waals surface area contributed by atoms with Crippen LogP contribution in [0.15, 0.2) is 195 Å². The predicted octanol–water partition coefficient (Wildman–Crippen LogP) is 19.2. The number of nitrogens with zero attached hydrogens (tertiary/aromatic N) is 4. The van der Waals surface area contributed by atoms with Crippen molar-refractivity contribution in [2.45, 2.75) is 158 Å². The molecule has 0 spiro atoms. The summed E-state index contributed by atoms with van der Waals surface area (Å²) < 4.78 is 54.5. The molecule has 0 N–H and O–H groups in total. The Morgan fingerprint density at radius 1 is 0.284 bits per heavy atom. The standard InChI is InChI=1S/C23H32N.C22H30N.C20H20N.C19H18N/c1-15-12-21(24(8)14-17(15)3)18-13-20-19(11-16(18)2)22(4,5)9-10-23(20,6)7;1-15-8-9-20(23(7)14-15)17-13-19-18(12-16(17)2)21(3,4)10-11-22(19,5)6;1-15-9-7-8-12-18(15)20-13-16(2)19(14-21(20)3)17-10-5-4-6-11-17;1-15-8-6-7-11-18(15)19-13-12-17(14-20(19)2)16-9-4-3-5-10-16/h11-14H,9-10H2,1-8H3;8-9,12-14H,10-11H2,1-7H3;4-14H,1-3H3;3-14H,1-2H3/q4*+1/i3D3;1D3;;. The van der Waals surface area contributed by atoms with E-state index in [0.717, 1.165) is 17.0 Å². The molecule has 2 aliphatic carbocycles. The summed E-state index contributed by atoms with van der Waals surface area (Å²) in [6.45, 7) is 27.3. The van der Waals surface area contributed by atoms with Crippen LogP contribution in [0, 0.1) is 55.2 Å². The molecule has 4 heterocycles. The van der Waals surface area contributed by atoms with Gasteiger partial charge in [0, 0.05) is 77.0 Å². The highest BCUT2D eigenvalue weighted by Crippen LogP contribution is 2.49. The summed E-state index contributed by atoms with van der Waals surface area (Å²) in [5, 5.41) is 0. The van der Waals surface area contributed by atoms with Crippen LogP contribution < -0.4 is 18.3 Å². The summed E-state index contributed by atoms with van der Waals surface area (Å²) in [5.74, 6) is 0. The molecule has 0 saturated carbocycles. The lowest BCUT2D eigenvalue weighted by molar-refractivity contribution is -0.660. The van der Waals surface area contributed by atoms with E-state index in [1.165, 1.54) is 132 Å². The first-order valence-corrected chi connectivity index (χ1v) is 31.5. The van der Waals surface area contributed by atoms with E-state index < -0.39 is 13.7 Å². The Kier molecular flexibility index (Phi) is 16.6. The van der Waals surface area contributed by atoms with Gasteiger partial charge >= 0.3 is 0 Å². The average molecular weight is 1170 g/mol. The third-order valence-corrected chi connectivity index (χ3v) is 19.2. The van der Waals surface area contributed by atoms with Gasteiger partial charge in [-0.1, -0.05) is 165 Å². The molecule has 0 radical (unpaired) electrons. The number of hydrogen-bond acceptors (Lipinski definition) is 0. The van der Waals surface area contributed by atoms with Crippen LogP contribution in [0.4, 0.5) is 0 Å². The lowest BCUT2D eigenvalue weighted by atomic mass is 9.62. The van der Waals surface area contributed by atoms with Crippen molar-refractivity contribution in [1.82, 2.24) is 0 Å². The molecule has 4 heteroatoms. The van der Waals surface area contributed by atoms with Gasteiger partial charge in [0.25, 0.3) is 0 Å². The molecule has 2 aliphatic rings. The number of pyridine rings is 4. The molecule has 4 nitrogen and oxygen atoms in total. The van der Waals surface area contributed by atoms with Gasteiger partial charge in [-0.2, -0.15) is 0 Å². The zero-order valence-corrected chi connectivity index (χ0v) is 56.1. The van der Waals surface area contributed by atoms with E-state index in [9.17, 15) is 0 Å². The number of aromatic nitrogens is 4. The summed E-state index contributed by atoms with van der Waals surface area (Å²) in [6, 6.07) is 59.9. The van der Waals surface area contributed by atoms with Gasteiger partial charge in [0.15, 0.2) is 24.8 Å². The van der Waals surface area contributed by atoms with Crippen LogP contribution in [0.25, 0.3) is 67.3 Å². The first-order chi connectivity index (χ1) is 44.0. The van der Waals surface area contributed by atoms with Gasteiger partial charge in [0.05, 0.1) is 0 Å². The quantitative estimate of drug-likeness (QED) is 0.148. The second-order valence-electron chi connectivity index (χ2n) is 27.9. The molecule has 452 valence electrons. The fourth-order valence-electron chi connectivity index (χ4n) is 13.2. The monoisotopic (exact) mass is 1170 g/mol. The van der Waals surface area contributed by atoms with E-state index in [1.807, 2.05) is 48.4 Å². The highest BCUT2D eigenvalue weighted by molar-refractivity contribution is 5.71. The normalized spacial score (nSPS) is 16.1. The Morgan fingerprint density at radius 3 is 1.16 bits per heavy atom. The number of aryl methyl sites for hydroxylation is 12. The Labute approximate surface area is 538 Å². The van der Waals surface area contributed by atoms with E-state index in [0.29, 0.717) is 11.1 Å². The third-order valence-electron chi connectivity index (χ3n) is 19.2. The first kappa shape index (κ1) is 56.4. The van der Waals surface area contributed by atoms with Crippen LogP contribution >= 0.6 is 0 Å². The number of rotatable bonds is 6. The van der Waals surface area contributed by atoms with Gasteiger partial charge < -0.3 is 0 Å². The summed E-state index contributed by atoms with van der Waals surface area (Å²) in [4.78, 5) is 0. The lowest BCUT2D eigenvalue weighted by Gasteiger charge is -2.42. The second-order valence-corrected chi connectivity index (χ2v) is 27.9. The van der Waals surface area contributed by atoms with Gasteiger partial charge in [0.1, 0.15) is 28.2 Å². The molecule has 88 heavy (non-hydrogen) atoms. The molecule has 0 bridgehead atoms. The number of benzene rings is 6. The van der Waals surface area contributed by atoms with Crippen LogP contribution in [0.2, 0.25) is 0 Å². The smallest absolute Gasteiger partial charge is 0.201 e. The topological polar surface area (TPSA) is 15.5 Å². The van der Waals surface area contributed by atoms with Gasteiger partial charge in [-0.25, -0.2) is 18.3 Å². The minimum Gasteiger partial charge on any atom is -0.201 e. The maximum Gasteiger partial charge on any atom is 0.212 e. The first-order valence-electron chi connectivity index (χ1n) is 34.5. The largest absolute Gasteiger partial charge is 0.212 e. The molecular formula is C84H100N4+4. The highest BCUT2D eigenvalue weighted by Gasteiger charge is 2.39. The van der Waals surface area contributed by atoms with Crippen molar-refractivity contribution in [3.63, 3.8) is 0 Å². The minimum atomic E-state index is -2.09. The fraction of sp³-hybridized carbons (Fsp3) is 0.333. The maximum atomic E-state index is 7.77. The third kappa shape index (κ3) is 13.9. The van der Waals surface area contributed by atoms with Crippen molar-refractivity contribution < 1.29 is 26.5 Å². The van der Waals surface area contributed by atoms with Crippen LogP contribution in [0.3, 0.4) is 0 Å². The van der Waals surface area contributed by atoms with E-state index in [4.69, 9.17) is 8.22 Å². The molecule has 0 fully saturated rings. The summed E-state index contributed by atoms with van der Waals surface area (Å²) >= 11 is 0. The molecule has 4 aromatic heterocycles. The summed E-state index contributed by atoms with van der Waals surface area (Å²) in [6.07, 6.45) is 12.7. The molecule has 6 aromatic carbocycles. The van der Waals surface area contributed by atoms with Crippen molar-refractivity contribution in [2.75, 3.05) is 0 Å². The highest BCUT2D eigenvalue weighted by atomic mass is 14.9. The maximum absolute atomic E-state index is 7.77. The van der Waals surface area contributed by atoms with Gasteiger partial charge in [-0.05, 0) is 206 Å². The summed E-state index contributed by atoms with van der Waals surface area (Å²) in [5.41, 5.74) is 29.1. The van der Waals surface area contributed by atoms with Gasteiger partial charge in [-0.15, -0.1) is 0 Å². The molecule has 0 unspecified atom stereocenters. The molecule has 0 amide bonds. The van der Waals surface area contributed by atoms with Crippen LogP contribution in [0.1, 0.15) is 156 Å². The molecule has 0 aliphatic heterocycles.